The van der Waals surface area contributed by atoms with Gasteiger partial charge in [-0.15, -0.1) is 0 Å². The molecule has 8 nitrogen and oxygen atoms in total. The van der Waals surface area contributed by atoms with Gasteiger partial charge in [-0.05, 0) is 12.1 Å². The van der Waals surface area contributed by atoms with E-state index < -0.39 is 21.4 Å². The van der Waals surface area contributed by atoms with E-state index in [1.165, 1.54) is 12.1 Å². The van der Waals surface area contributed by atoms with Crippen molar-refractivity contribution in [2.24, 2.45) is 0 Å². The Bertz CT molecular complexity index is 813. The lowest BCUT2D eigenvalue weighted by atomic mass is 9.83. The molecular weight excluding hydrogens is 292 g/mol. The summed E-state index contributed by atoms with van der Waals surface area (Å²) < 4.78 is 0. The number of fused-ring (bicyclic) bond motifs is 3. The Labute approximate surface area is 122 Å². The number of carbonyl (C=O) groups excluding carboxylic acids is 2. The predicted molar refractivity (Wildman–Crippen MR) is 73.8 cm³/mol. The Kier molecular flexibility index (Phi) is 2.81. The highest BCUT2D eigenvalue weighted by Gasteiger charge is 2.32. The van der Waals surface area contributed by atoms with Crippen molar-refractivity contribution in [1.82, 2.24) is 0 Å². The van der Waals surface area contributed by atoms with Gasteiger partial charge in [0.1, 0.15) is 0 Å². The normalized spacial score (nSPS) is 12.5. The number of ketones is 2. The number of nitrogens with zero attached hydrogens (tertiary/aromatic N) is 2. The summed E-state index contributed by atoms with van der Waals surface area (Å²) in [5.74, 6) is -1.57. The smallest absolute Gasteiger partial charge is 0.270 e. The number of benzene rings is 2. The second kappa shape index (κ2) is 4.55. The van der Waals surface area contributed by atoms with Gasteiger partial charge >= 0.3 is 0 Å². The van der Waals surface area contributed by atoms with Crippen molar-refractivity contribution >= 4 is 22.9 Å². The highest BCUT2D eigenvalue weighted by molar-refractivity contribution is 6.53. The van der Waals surface area contributed by atoms with Crippen LogP contribution in [0.1, 0.15) is 20.7 Å². The van der Waals surface area contributed by atoms with Crippen LogP contribution in [0, 0.1) is 20.2 Å². The Hall–Kier alpha value is -3.42. The van der Waals surface area contributed by atoms with Crippen LogP contribution in [-0.4, -0.2) is 21.4 Å². The summed E-state index contributed by atoms with van der Waals surface area (Å²) in [4.78, 5) is 44.5. The average molecular weight is 298 g/mol. The van der Waals surface area contributed by atoms with Gasteiger partial charge in [0.15, 0.2) is 0 Å². The minimum Gasteiger partial charge on any atom is -0.285 e. The van der Waals surface area contributed by atoms with Crippen LogP contribution in [0.25, 0.3) is 11.1 Å². The summed E-state index contributed by atoms with van der Waals surface area (Å²) in [6.07, 6.45) is 0. The van der Waals surface area contributed by atoms with Crippen molar-refractivity contribution in [1.29, 1.82) is 0 Å². The van der Waals surface area contributed by atoms with Gasteiger partial charge in [0.25, 0.3) is 11.4 Å². The van der Waals surface area contributed by atoms with Gasteiger partial charge in [0.2, 0.25) is 11.6 Å². The van der Waals surface area contributed by atoms with Gasteiger partial charge in [-0.2, -0.15) is 0 Å². The number of hydrogen-bond acceptors (Lipinski definition) is 6. The number of Topliss-reactive ketones (excluding diaryl/α,β-unsaturated/α-hetero) is 2. The van der Waals surface area contributed by atoms with Crippen molar-refractivity contribution in [3.8, 4) is 11.1 Å². The molecular formula is C14H6N2O6. The summed E-state index contributed by atoms with van der Waals surface area (Å²) in [6.45, 7) is 0. The fraction of sp³-hybridized carbons (Fsp3) is 0. The Morgan fingerprint density at radius 1 is 0.636 bits per heavy atom. The van der Waals surface area contributed by atoms with Crippen LogP contribution in [0.15, 0.2) is 36.4 Å². The maximum atomic E-state index is 12.0. The van der Waals surface area contributed by atoms with E-state index in [-0.39, 0.29) is 33.6 Å². The lowest BCUT2D eigenvalue weighted by Gasteiger charge is -2.17. The van der Waals surface area contributed by atoms with Gasteiger partial charge in [-0.3, -0.25) is 29.8 Å². The lowest BCUT2D eigenvalue weighted by Crippen LogP contribution is -2.21. The summed E-state index contributed by atoms with van der Waals surface area (Å²) in [6, 6.07) is 6.90. The van der Waals surface area contributed by atoms with E-state index in [4.69, 9.17) is 0 Å². The van der Waals surface area contributed by atoms with Crippen molar-refractivity contribution in [3.63, 3.8) is 0 Å². The second-order valence-corrected chi connectivity index (χ2v) is 4.63. The number of nitro groups is 2. The van der Waals surface area contributed by atoms with Crippen LogP contribution in [-0.2, 0) is 0 Å². The highest BCUT2D eigenvalue weighted by Crippen LogP contribution is 2.37. The maximum Gasteiger partial charge on any atom is 0.270 e. The zero-order chi connectivity index (χ0) is 16.0. The molecule has 22 heavy (non-hydrogen) atoms. The molecule has 8 heteroatoms. The number of non-ortho nitro benzene ring substituents is 2. The molecule has 108 valence electrons. The van der Waals surface area contributed by atoms with Gasteiger partial charge in [-0.1, -0.05) is 0 Å². The zero-order valence-electron chi connectivity index (χ0n) is 10.8. The molecule has 0 amide bonds. The molecule has 0 spiro atoms. The minimum atomic E-state index is -0.786. The first kappa shape index (κ1) is 13.6. The first-order valence-electron chi connectivity index (χ1n) is 6.06. The number of carbonyl (C=O) groups is 2. The van der Waals surface area contributed by atoms with E-state index in [2.05, 4.69) is 0 Å². The van der Waals surface area contributed by atoms with E-state index in [0.717, 1.165) is 24.3 Å². The first-order chi connectivity index (χ1) is 10.4. The molecule has 2 aromatic rings. The van der Waals surface area contributed by atoms with E-state index in [9.17, 15) is 29.8 Å². The van der Waals surface area contributed by atoms with E-state index in [1.807, 2.05) is 0 Å². The molecule has 1 aliphatic carbocycles. The zero-order valence-corrected chi connectivity index (χ0v) is 10.8. The predicted octanol–water partition coefficient (Wildman–Crippen LogP) is 2.55. The van der Waals surface area contributed by atoms with Gasteiger partial charge in [-0.25, -0.2) is 0 Å². The Morgan fingerprint density at radius 2 is 1.00 bits per heavy atom. The molecule has 0 saturated heterocycles. The summed E-state index contributed by atoms with van der Waals surface area (Å²) in [7, 11) is 0. The molecule has 0 N–H and O–H groups in total. The molecule has 0 saturated carbocycles. The Morgan fingerprint density at radius 3 is 1.32 bits per heavy atom. The van der Waals surface area contributed by atoms with Gasteiger partial charge in [0.05, 0.1) is 9.85 Å². The van der Waals surface area contributed by atoms with Crippen LogP contribution >= 0.6 is 0 Å². The molecule has 0 bridgehead atoms. The molecule has 3 rings (SSSR count). The van der Waals surface area contributed by atoms with Gasteiger partial charge in [0, 0.05) is 46.5 Å². The topological polar surface area (TPSA) is 120 Å². The monoisotopic (exact) mass is 298 g/mol. The SMILES string of the molecule is O=C1C(=O)c2ccc([N+](=O)[O-])cc2-c2cc([N+](=O)[O-])ccc21. The largest absolute Gasteiger partial charge is 0.285 e. The van der Waals surface area contributed by atoms with Crippen LogP contribution in [0.3, 0.4) is 0 Å². The fourth-order valence-corrected chi connectivity index (χ4v) is 2.38. The van der Waals surface area contributed by atoms with E-state index >= 15 is 0 Å². The fourth-order valence-electron chi connectivity index (χ4n) is 2.38. The first-order valence-corrected chi connectivity index (χ1v) is 6.06. The van der Waals surface area contributed by atoms with E-state index in [0.29, 0.717) is 0 Å². The van der Waals surface area contributed by atoms with Crippen LogP contribution in [0.5, 0.6) is 0 Å². The quantitative estimate of drug-likeness (QED) is 0.477. The molecule has 0 radical (unpaired) electrons. The van der Waals surface area contributed by atoms with Crippen molar-refractivity contribution < 1.29 is 19.4 Å². The van der Waals surface area contributed by atoms with Gasteiger partial charge < -0.3 is 0 Å². The molecule has 0 fully saturated rings. The highest BCUT2D eigenvalue weighted by atomic mass is 16.6. The number of hydrogen-bond donors (Lipinski definition) is 0. The molecule has 2 aromatic carbocycles. The molecule has 0 aliphatic heterocycles. The van der Waals surface area contributed by atoms with Crippen molar-refractivity contribution in [3.05, 3.63) is 67.8 Å². The third-order valence-corrected chi connectivity index (χ3v) is 3.41. The summed E-state index contributed by atoms with van der Waals surface area (Å²) in [5.41, 5.74) is -0.223. The second-order valence-electron chi connectivity index (χ2n) is 4.63. The lowest BCUT2D eigenvalue weighted by molar-refractivity contribution is -0.385. The van der Waals surface area contributed by atoms with E-state index in [1.54, 1.807) is 0 Å². The number of nitro benzene ring substituents is 2. The molecule has 1 aliphatic rings. The molecule has 0 unspecified atom stereocenters. The minimum absolute atomic E-state index is 0.00333. The third-order valence-electron chi connectivity index (χ3n) is 3.41. The Balaban J connectivity index is 2.34. The number of rotatable bonds is 2. The maximum absolute atomic E-state index is 12.0. The average Bonchev–Trinajstić information content (AvgIpc) is 2.51. The summed E-state index contributed by atoms with van der Waals surface area (Å²) >= 11 is 0. The van der Waals surface area contributed by atoms with Crippen molar-refractivity contribution in [2.75, 3.05) is 0 Å². The third kappa shape index (κ3) is 1.85. The standard InChI is InChI=1S/C14H6N2O6/c17-13-9-3-1-7(15(19)20)5-11(9)12-6-8(16(21)22)2-4-10(12)14(13)18/h1-6H. The van der Waals surface area contributed by atoms with Crippen LogP contribution < -0.4 is 0 Å². The molecule has 0 heterocycles. The molecule has 0 aromatic heterocycles. The van der Waals surface area contributed by atoms with Crippen molar-refractivity contribution in [2.45, 2.75) is 0 Å². The summed E-state index contributed by atoms with van der Waals surface area (Å²) in [5, 5.41) is 21.7. The molecule has 0 atom stereocenters. The van der Waals surface area contributed by atoms with Crippen LogP contribution in [0.2, 0.25) is 0 Å². The van der Waals surface area contributed by atoms with Crippen LogP contribution in [0.4, 0.5) is 11.4 Å².